The van der Waals surface area contributed by atoms with Crippen LogP contribution in [0, 0.1) is 11.3 Å². The quantitative estimate of drug-likeness (QED) is 0.620. The van der Waals surface area contributed by atoms with E-state index in [-0.39, 0.29) is 6.42 Å². The van der Waals surface area contributed by atoms with Crippen molar-refractivity contribution in [2.45, 2.75) is 39.5 Å². The molecule has 2 aliphatic rings. The molecule has 1 saturated carbocycles. The van der Waals surface area contributed by atoms with Crippen LogP contribution in [0.15, 0.2) is 0 Å². The van der Waals surface area contributed by atoms with Crippen molar-refractivity contribution < 1.29 is 8.78 Å². The minimum atomic E-state index is -2.34. The summed E-state index contributed by atoms with van der Waals surface area (Å²) in [5.74, 6) is -1.50. The molecule has 13 heavy (non-hydrogen) atoms. The highest BCUT2D eigenvalue weighted by atomic mass is 19.3. The number of nitrogens with one attached hydrogen (secondary N) is 1. The fourth-order valence-electron chi connectivity index (χ4n) is 1.59. The molecular weight excluding hydrogens is 172 g/mol. The van der Waals surface area contributed by atoms with Crippen LogP contribution in [0.1, 0.15) is 33.6 Å². The van der Waals surface area contributed by atoms with Crippen LogP contribution in [-0.4, -0.2) is 19.0 Å². The Morgan fingerprint density at radius 2 is 1.69 bits per heavy atom. The first-order chi connectivity index (χ1) is 5.90. The summed E-state index contributed by atoms with van der Waals surface area (Å²) in [4.78, 5) is 0. The maximum absolute atomic E-state index is 12.5. The van der Waals surface area contributed by atoms with Gasteiger partial charge in [-0.15, -0.1) is 0 Å². The molecule has 1 heterocycles. The van der Waals surface area contributed by atoms with E-state index in [2.05, 4.69) is 26.1 Å². The highest BCUT2D eigenvalue weighted by Gasteiger charge is 2.71. The van der Waals surface area contributed by atoms with E-state index in [0.29, 0.717) is 13.0 Å². The molecule has 1 aliphatic carbocycles. The van der Waals surface area contributed by atoms with Gasteiger partial charge in [-0.3, -0.25) is 0 Å². The number of hydrogen-bond donors (Lipinski definition) is 1. The molecule has 0 amide bonds. The predicted molar refractivity (Wildman–Crippen MR) is 50.0 cm³/mol. The second-order valence-corrected chi connectivity index (χ2v) is 4.82. The Hall–Kier alpha value is -0.180. The molecule has 78 valence electrons. The van der Waals surface area contributed by atoms with Gasteiger partial charge in [-0.1, -0.05) is 20.8 Å². The first-order valence-corrected chi connectivity index (χ1v) is 4.98. The number of rotatable bonds is 0. The van der Waals surface area contributed by atoms with E-state index in [1.807, 2.05) is 0 Å². The van der Waals surface area contributed by atoms with Crippen LogP contribution in [0.5, 0.6) is 0 Å². The topological polar surface area (TPSA) is 12.0 Å². The monoisotopic (exact) mass is 191 g/mol. The lowest BCUT2D eigenvalue weighted by atomic mass is 10.1. The minimum absolute atomic E-state index is 0.118. The lowest BCUT2D eigenvalue weighted by molar-refractivity contribution is 0.0705. The third-order valence-electron chi connectivity index (χ3n) is 2.46. The van der Waals surface area contributed by atoms with Gasteiger partial charge < -0.3 is 5.32 Å². The van der Waals surface area contributed by atoms with Gasteiger partial charge in [0.1, 0.15) is 0 Å². The SMILES string of the molecule is CC(C)C.FC1(F)CC12CCNC2. The Kier molecular flexibility index (Phi) is 2.95. The summed E-state index contributed by atoms with van der Waals surface area (Å²) >= 11 is 0. The van der Waals surface area contributed by atoms with Gasteiger partial charge in [-0.05, 0) is 18.9 Å². The molecule has 1 spiro atoms. The van der Waals surface area contributed by atoms with Crippen molar-refractivity contribution in [2.75, 3.05) is 13.1 Å². The molecule has 0 radical (unpaired) electrons. The molecule has 1 nitrogen and oxygen atoms in total. The minimum Gasteiger partial charge on any atom is -0.316 e. The smallest absolute Gasteiger partial charge is 0.255 e. The van der Waals surface area contributed by atoms with Crippen LogP contribution >= 0.6 is 0 Å². The summed E-state index contributed by atoms with van der Waals surface area (Å²) in [5, 5.41) is 2.95. The van der Waals surface area contributed by atoms with Crippen LogP contribution < -0.4 is 5.32 Å². The normalized spacial score (nSPS) is 34.6. The average molecular weight is 191 g/mol. The number of alkyl halides is 2. The zero-order chi connectivity index (χ0) is 10.1. The van der Waals surface area contributed by atoms with E-state index in [4.69, 9.17) is 0 Å². The van der Waals surface area contributed by atoms with E-state index in [0.717, 1.165) is 12.5 Å². The Balaban J connectivity index is 0.000000184. The van der Waals surface area contributed by atoms with Gasteiger partial charge in [0.15, 0.2) is 0 Å². The third-order valence-corrected chi connectivity index (χ3v) is 2.46. The van der Waals surface area contributed by atoms with Crippen LogP contribution in [0.2, 0.25) is 0 Å². The Bertz CT molecular complexity index is 163. The van der Waals surface area contributed by atoms with E-state index in [1.165, 1.54) is 0 Å². The second kappa shape index (κ2) is 3.52. The molecule has 0 aromatic carbocycles. The molecule has 0 bridgehead atoms. The summed E-state index contributed by atoms with van der Waals surface area (Å²) in [7, 11) is 0. The molecule has 0 aromatic heterocycles. The number of halogens is 2. The Morgan fingerprint density at radius 1 is 1.23 bits per heavy atom. The van der Waals surface area contributed by atoms with Crippen LogP contribution in [0.25, 0.3) is 0 Å². The molecule has 0 aromatic rings. The summed E-state index contributed by atoms with van der Waals surface area (Å²) in [6.45, 7) is 7.80. The van der Waals surface area contributed by atoms with Crippen molar-refractivity contribution in [1.29, 1.82) is 0 Å². The first-order valence-electron chi connectivity index (χ1n) is 4.98. The van der Waals surface area contributed by atoms with Gasteiger partial charge in [-0.2, -0.15) is 0 Å². The maximum atomic E-state index is 12.5. The van der Waals surface area contributed by atoms with Gasteiger partial charge in [0, 0.05) is 13.0 Å². The van der Waals surface area contributed by atoms with Crippen LogP contribution in [0.4, 0.5) is 8.78 Å². The largest absolute Gasteiger partial charge is 0.316 e. The molecule has 2 rings (SSSR count). The standard InChI is InChI=1S/C6H9F2N.C4H10/c7-6(8)3-5(6)1-2-9-4-5;1-4(2)3/h9H,1-4H2;4H,1-3H3. The van der Waals surface area contributed by atoms with Crippen LogP contribution in [-0.2, 0) is 0 Å². The summed E-state index contributed by atoms with van der Waals surface area (Å²) in [5.41, 5.74) is -0.604. The van der Waals surface area contributed by atoms with Crippen molar-refractivity contribution in [3.05, 3.63) is 0 Å². The number of hydrogen-bond acceptors (Lipinski definition) is 1. The highest BCUT2D eigenvalue weighted by Crippen LogP contribution is 2.63. The molecule has 2 fully saturated rings. The third kappa shape index (κ3) is 2.39. The van der Waals surface area contributed by atoms with E-state index in [1.54, 1.807) is 0 Å². The predicted octanol–water partition coefficient (Wildman–Crippen LogP) is 2.67. The molecule has 1 atom stereocenters. The van der Waals surface area contributed by atoms with E-state index in [9.17, 15) is 8.78 Å². The molecule has 1 aliphatic heterocycles. The molecule has 1 unspecified atom stereocenters. The van der Waals surface area contributed by atoms with Gasteiger partial charge in [-0.25, -0.2) is 8.78 Å². The summed E-state index contributed by atoms with van der Waals surface area (Å²) in [6, 6.07) is 0. The summed E-state index contributed by atoms with van der Waals surface area (Å²) < 4.78 is 24.9. The molecular formula is C10H19F2N. The van der Waals surface area contributed by atoms with Crippen LogP contribution in [0.3, 0.4) is 0 Å². The van der Waals surface area contributed by atoms with Gasteiger partial charge in [0.05, 0.1) is 5.41 Å². The maximum Gasteiger partial charge on any atom is 0.255 e. The molecule has 1 N–H and O–H groups in total. The summed E-state index contributed by atoms with van der Waals surface area (Å²) in [6.07, 6.45) is 0.785. The van der Waals surface area contributed by atoms with E-state index >= 15 is 0 Å². The lowest BCUT2D eigenvalue weighted by Gasteiger charge is -2.02. The lowest BCUT2D eigenvalue weighted by Crippen LogP contribution is -2.15. The first kappa shape index (κ1) is 10.9. The van der Waals surface area contributed by atoms with Crippen molar-refractivity contribution >= 4 is 0 Å². The molecule has 3 heteroatoms. The Labute approximate surface area is 78.9 Å². The van der Waals surface area contributed by atoms with Crippen molar-refractivity contribution in [2.24, 2.45) is 11.3 Å². The van der Waals surface area contributed by atoms with Crippen molar-refractivity contribution in [1.82, 2.24) is 5.32 Å². The zero-order valence-electron chi connectivity index (χ0n) is 8.66. The second-order valence-electron chi connectivity index (χ2n) is 4.82. The zero-order valence-corrected chi connectivity index (χ0v) is 8.66. The van der Waals surface area contributed by atoms with Crippen molar-refractivity contribution in [3.63, 3.8) is 0 Å². The molecule has 1 saturated heterocycles. The fraction of sp³-hybridized carbons (Fsp3) is 1.00. The fourth-order valence-corrected chi connectivity index (χ4v) is 1.59. The van der Waals surface area contributed by atoms with Gasteiger partial charge in [0.25, 0.3) is 5.92 Å². The average Bonchev–Trinajstić information content (AvgIpc) is 2.39. The van der Waals surface area contributed by atoms with E-state index < -0.39 is 11.3 Å². The highest BCUT2D eigenvalue weighted by molar-refractivity contribution is 5.13. The van der Waals surface area contributed by atoms with Crippen molar-refractivity contribution in [3.8, 4) is 0 Å². The van der Waals surface area contributed by atoms with Gasteiger partial charge >= 0.3 is 0 Å². The Morgan fingerprint density at radius 3 is 1.85 bits per heavy atom. The van der Waals surface area contributed by atoms with Gasteiger partial charge in [0.2, 0.25) is 0 Å².